The molecule has 6 heteroatoms. The van der Waals surface area contributed by atoms with Crippen molar-refractivity contribution in [3.05, 3.63) is 75.4 Å². The Balaban J connectivity index is 1.76. The molecule has 1 heterocycles. The van der Waals surface area contributed by atoms with Crippen LogP contribution in [-0.2, 0) is 17.8 Å². The number of aliphatic hydroxyl groups excluding tert-OH is 1. The van der Waals surface area contributed by atoms with Gasteiger partial charge in [-0.2, -0.15) is 0 Å². The van der Waals surface area contributed by atoms with Gasteiger partial charge in [0.25, 0.3) is 0 Å². The standard InChI is InChI=1S/C19H15BrClNO3/c20-14-4-1-12(2-5-14)9-19(24)22-17-10-13(3-7-16(17)21)18-8-6-15(11-23)25-18/h1-8,10,23H,9,11H2,(H,22,24). The van der Waals surface area contributed by atoms with Gasteiger partial charge in [0.1, 0.15) is 18.1 Å². The summed E-state index contributed by atoms with van der Waals surface area (Å²) in [4.78, 5) is 12.3. The van der Waals surface area contributed by atoms with Crippen LogP contribution in [0.1, 0.15) is 11.3 Å². The molecule has 128 valence electrons. The van der Waals surface area contributed by atoms with Crippen molar-refractivity contribution in [1.82, 2.24) is 0 Å². The van der Waals surface area contributed by atoms with Gasteiger partial charge < -0.3 is 14.8 Å². The molecule has 0 saturated heterocycles. The van der Waals surface area contributed by atoms with Crippen LogP contribution < -0.4 is 5.32 Å². The van der Waals surface area contributed by atoms with Crippen molar-refractivity contribution in [2.75, 3.05) is 5.32 Å². The van der Waals surface area contributed by atoms with Crippen LogP contribution in [-0.4, -0.2) is 11.0 Å². The number of furan rings is 1. The highest BCUT2D eigenvalue weighted by Crippen LogP contribution is 2.30. The number of anilines is 1. The molecule has 0 radical (unpaired) electrons. The second kappa shape index (κ2) is 7.87. The van der Waals surface area contributed by atoms with Crippen LogP contribution in [0.5, 0.6) is 0 Å². The van der Waals surface area contributed by atoms with E-state index in [2.05, 4.69) is 21.2 Å². The summed E-state index contributed by atoms with van der Waals surface area (Å²) in [6, 6.07) is 16.3. The van der Waals surface area contributed by atoms with E-state index in [1.807, 2.05) is 24.3 Å². The Morgan fingerprint density at radius 2 is 1.88 bits per heavy atom. The highest BCUT2D eigenvalue weighted by Gasteiger charge is 2.11. The third-order valence-electron chi connectivity index (χ3n) is 3.62. The average Bonchev–Trinajstić information content (AvgIpc) is 3.08. The van der Waals surface area contributed by atoms with Crippen molar-refractivity contribution in [2.45, 2.75) is 13.0 Å². The topological polar surface area (TPSA) is 62.5 Å². The van der Waals surface area contributed by atoms with E-state index in [4.69, 9.17) is 21.1 Å². The summed E-state index contributed by atoms with van der Waals surface area (Å²) in [6.07, 6.45) is 0.253. The number of benzene rings is 2. The van der Waals surface area contributed by atoms with Gasteiger partial charge in [-0.05, 0) is 48.0 Å². The van der Waals surface area contributed by atoms with Crippen LogP contribution in [0, 0.1) is 0 Å². The summed E-state index contributed by atoms with van der Waals surface area (Å²) >= 11 is 9.56. The van der Waals surface area contributed by atoms with Gasteiger partial charge in [-0.3, -0.25) is 4.79 Å². The molecule has 1 amide bonds. The summed E-state index contributed by atoms with van der Waals surface area (Å²) < 4.78 is 6.48. The number of hydrogen-bond acceptors (Lipinski definition) is 3. The number of hydrogen-bond donors (Lipinski definition) is 2. The Morgan fingerprint density at radius 3 is 2.56 bits per heavy atom. The SMILES string of the molecule is O=C(Cc1ccc(Br)cc1)Nc1cc(-c2ccc(CO)o2)ccc1Cl. The Bertz CT molecular complexity index is 890. The van der Waals surface area contributed by atoms with E-state index in [1.165, 1.54) is 0 Å². The second-order valence-corrected chi connectivity index (χ2v) is 6.79. The first-order valence-corrected chi connectivity index (χ1v) is 8.76. The number of aliphatic hydroxyl groups is 1. The maximum Gasteiger partial charge on any atom is 0.228 e. The molecule has 0 aliphatic rings. The number of rotatable bonds is 5. The smallest absolute Gasteiger partial charge is 0.228 e. The average molecular weight is 421 g/mol. The van der Waals surface area contributed by atoms with Crippen molar-refractivity contribution >= 4 is 39.1 Å². The summed E-state index contributed by atoms with van der Waals surface area (Å²) in [5.41, 5.74) is 2.19. The third kappa shape index (κ3) is 4.51. The van der Waals surface area contributed by atoms with Gasteiger partial charge in [0.15, 0.2) is 0 Å². The van der Waals surface area contributed by atoms with Gasteiger partial charge in [0.2, 0.25) is 5.91 Å². The molecule has 0 aliphatic heterocycles. The highest BCUT2D eigenvalue weighted by atomic mass is 79.9. The fraction of sp³-hybridized carbons (Fsp3) is 0.105. The molecular weight excluding hydrogens is 406 g/mol. The molecule has 3 rings (SSSR count). The molecule has 0 atom stereocenters. The quantitative estimate of drug-likeness (QED) is 0.608. The number of carbonyl (C=O) groups is 1. The first-order valence-electron chi connectivity index (χ1n) is 7.59. The molecule has 4 nitrogen and oxygen atoms in total. The zero-order valence-corrected chi connectivity index (χ0v) is 15.5. The highest BCUT2D eigenvalue weighted by molar-refractivity contribution is 9.10. The molecule has 0 bridgehead atoms. The molecule has 0 spiro atoms. The van der Waals surface area contributed by atoms with Crippen LogP contribution in [0.2, 0.25) is 5.02 Å². The Hall–Kier alpha value is -2.08. The van der Waals surface area contributed by atoms with Gasteiger partial charge in [0.05, 0.1) is 17.1 Å². The van der Waals surface area contributed by atoms with Crippen molar-refractivity contribution in [1.29, 1.82) is 0 Å². The lowest BCUT2D eigenvalue weighted by Gasteiger charge is -2.09. The maximum absolute atomic E-state index is 12.3. The fourth-order valence-corrected chi connectivity index (χ4v) is 2.80. The minimum absolute atomic E-state index is 0.156. The molecule has 1 aromatic heterocycles. The normalized spacial score (nSPS) is 10.7. The van der Waals surface area contributed by atoms with E-state index < -0.39 is 0 Å². The molecular formula is C19H15BrClNO3. The number of amides is 1. The Labute approximate surface area is 158 Å². The zero-order chi connectivity index (χ0) is 17.8. The lowest BCUT2D eigenvalue weighted by atomic mass is 10.1. The van der Waals surface area contributed by atoms with Crippen LogP contribution in [0.4, 0.5) is 5.69 Å². The number of carbonyl (C=O) groups excluding carboxylic acids is 1. The number of halogens is 2. The maximum atomic E-state index is 12.3. The first-order chi connectivity index (χ1) is 12.0. The summed E-state index contributed by atoms with van der Waals surface area (Å²) in [5, 5.41) is 12.4. The third-order valence-corrected chi connectivity index (χ3v) is 4.48. The molecule has 25 heavy (non-hydrogen) atoms. The lowest BCUT2D eigenvalue weighted by Crippen LogP contribution is -2.14. The number of nitrogens with one attached hydrogen (secondary N) is 1. The van der Waals surface area contributed by atoms with Gasteiger partial charge in [-0.1, -0.05) is 39.7 Å². The molecule has 3 aromatic rings. The first kappa shape index (κ1) is 17.7. The van der Waals surface area contributed by atoms with Crippen molar-refractivity contribution < 1.29 is 14.3 Å². The van der Waals surface area contributed by atoms with Crippen molar-refractivity contribution in [2.24, 2.45) is 0 Å². The summed E-state index contributed by atoms with van der Waals surface area (Å²) in [7, 11) is 0. The van der Waals surface area contributed by atoms with E-state index in [0.717, 1.165) is 15.6 Å². The minimum atomic E-state index is -0.162. The van der Waals surface area contributed by atoms with Gasteiger partial charge in [-0.15, -0.1) is 0 Å². The fourth-order valence-electron chi connectivity index (χ4n) is 2.37. The monoisotopic (exact) mass is 419 g/mol. The van der Waals surface area contributed by atoms with Crippen LogP contribution in [0.15, 0.2) is 63.5 Å². The lowest BCUT2D eigenvalue weighted by molar-refractivity contribution is -0.115. The van der Waals surface area contributed by atoms with E-state index >= 15 is 0 Å². The van der Waals surface area contributed by atoms with Gasteiger partial charge in [-0.25, -0.2) is 0 Å². The van der Waals surface area contributed by atoms with Gasteiger partial charge >= 0.3 is 0 Å². The van der Waals surface area contributed by atoms with Crippen molar-refractivity contribution in [3.8, 4) is 11.3 Å². The van der Waals surface area contributed by atoms with Crippen molar-refractivity contribution in [3.63, 3.8) is 0 Å². The van der Waals surface area contributed by atoms with Crippen LogP contribution in [0.25, 0.3) is 11.3 Å². The predicted molar refractivity (Wildman–Crippen MR) is 102 cm³/mol. The molecule has 0 aliphatic carbocycles. The predicted octanol–water partition coefficient (Wildman–Crippen LogP) is 5.04. The molecule has 2 aromatic carbocycles. The zero-order valence-electron chi connectivity index (χ0n) is 13.1. The van der Waals surface area contributed by atoms with Gasteiger partial charge in [0, 0.05) is 10.0 Å². The minimum Gasteiger partial charge on any atom is -0.459 e. The molecule has 0 saturated carbocycles. The summed E-state index contributed by atoms with van der Waals surface area (Å²) in [6.45, 7) is -0.162. The van der Waals surface area contributed by atoms with E-state index in [-0.39, 0.29) is 18.9 Å². The van der Waals surface area contributed by atoms with E-state index in [1.54, 1.807) is 30.3 Å². The largest absolute Gasteiger partial charge is 0.459 e. The van der Waals surface area contributed by atoms with Crippen LogP contribution >= 0.6 is 27.5 Å². The van der Waals surface area contributed by atoms with E-state index in [0.29, 0.717) is 22.2 Å². The van der Waals surface area contributed by atoms with Crippen LogP contribution in [0.3, 0.4) is 0 Å². The molecule has 2 N–H and O–H groups in total. The second-order valence-electron chi connectivity index (χ2n) is 5.47. The van der Waals surface area contributed by atoms with E-state index in [9.17, 15) is 4.79 Å². The summed E-state index contributed by atoms with van der Waals surface area (Å²) in [5.74, 6) is 0.923. The molecule has 0 unspecified atom stereocenters. The Kier molecular flexibility index (Phi) is 5.58. The Morgan fingerprint density at radius 1 is 1.12 bits per heavy atom. The molecule has 0 fully saturated rings.